The lowest BCUT2D eigenvalue weighted by Gasteiger charge is -2.23. The number of nitrogens with zero attached hydrogens (tertiary/aromatic N) is 5. The molecule has 4 rings (SSSR count). The van der Waals surface area contributed by atoms with Gasteiger partial charge in [-0.25, -0.2) is 0 Å². The Morgan fingerprint density at radius 1 is 1.16 bits per heavy atom. The normalized spacial score (nSPS) is 20.6. The van der Waals surface area contributed by atoms with Crippen molar-refractivity contribution in [3.8, 4) is 0 Å². The summed E-state index contributed by atoms with van der Waals surface area (Å²) in [5.74, 6) is 2.09. The van der Waals surface area contributed by atoms with E-state index < -0.39 is 0 Å². The van der Waals surface area contributed by atoms with Gasteiger partial charge >= 0.3 is 0 Å². The van der Waals surface area contributed by atoms with Crippen molar-refractivity contribution in [2.45, 2.75) is 51.1 Å². The van der Waals surface area contributed by atoms with E-state index in [9.17, 15) is 4.79 Å². The lowest BCUT2D eigenvalue weighted by atomic mass is 10.2. The summed E-state index contributed by atoms with van der Waals surface area (Å²) in [5.41, 5.74) is 0.933. The molecule has 0 radical (unpaired) electrons. The van der Waals surface area contributed by atoms with Gasteiger partial charge in [0.05, 0.1) is 6.04 Å². The molecule has 6 nitrogen and oxygen atoms in total. The third-order valence-corrected chi connectivity index (χ3v) is 5.07. The Bertz CT molecular complexity index is 767. The van der Waals surface area contributed by atoms with E-state index in [0.717, 1.165) is 49.6 Å². The molecule has 25 heavy (non-hydrogen) atoms. The van der Waals surface area contributed by atoms with Crippen LogP contribution in [-0.2, 0) is 17.8 Å². The van der Waals surface area contributed by atoms with E-state index in [4.69, 9.17) is 0 Å². The van der Waals surface area contributed by atoms with Crippen molar-refractivity contribution in [3.05, 3.63) is 47.8 Å². The molecule has 2 aliphatic rings. The molecule has 6 heteroatoms. The molecule has 1 amide bonds. The number of hydrogen-bond donors (Lipinski definition) is 0. The van der Waals surface area contributed by atoms with Crippen LogP contribution >= 0.6 is 0 Å². The summed E-state index contributed by atoms with van der Waals surface area (Å²) in [6, 6.07) is 3.86. The lowest BCUT2D eigenvalue weighted by Crippen LogP contribution is -2.30. The van der Waals surface area contributed by atoms with Crippen LogP contribution in [0.2, 0.25) is 0 Å². The third kappa shape index (κ3) is 3.34. The zero-order valence-corrected chi connectivity index (χ0v) is 14.3. The molecule has 2 aromatic rings. The van der Waals surface area contributed by atoms with Gasteiger partial charge < -0.3 is 9.47 Å². The maximum Gasteiger partial charge on any atom is 0.247 e. The van der Waals surface area contributed by atoms with Gasteiger partial charge in [-0.1, -0.05) is 12.5 Å². The van der Waals surface area contributed by atoms with Crippen LogP contribution in [0, 0.1) is 0 Å². The van der Waals surface area contributed by atoms with Gasteiger partial charge in [0, 0.05) is 38.0 Å². The van der Waals surface area contributed by atoms with Crippen LogP contribution in [0.1, 0.15) is 55.4 Å². The van der Waals surface area contributed by atoms with E-state index in [1.54, 1.807) is 18.5 Å². The van der Waals surface area contributed by atoms with Gasteiger partial charge in [-0.15, -0.1) is 10.2 Å². The van der Waals surface area contributed by atoms with Crippen LogP contribution < -0.4 is 0 Å². The summed E-state index contributed by atoms with van der Waals surface area (Å²) >= 11 is 0. The second kappa shape index (κ2) is 7.17. The van der Waals surface area contributed by atoms with Crippen molar-refractivity contribution in [1.82, 2.24) is 24.6 Å². The first kappa shape index (κ1) is 16.0. The van der Waals surface area contributed by atoms with Gasteiger partial charge in [0.2, 0.25) is 5.91 Å². The number of pyridine rings is 1. The zero-order chi connectivity index (χ0) is 17.1. The number of fused-ring (bicyclic) bond motifs is 1. The first-order valence-electron chi connectivity index (χ1n) is 9.13. The topological polar surface area (TPSA) is 63.9 Å². The van der Waals surface area contributed by atoms with Crippen molar-refractivity contribution < 1.29 is 4.79 Å². The summed E-state index contributed by atoms with van der Waals surface area (Å²) in [5, 5.41) is 8.85. The Morgan fingerprint density at radius 2 is 2.12 bits per heavy atom. The Kier molecular flexibility index (Phi) is 4.59. The quantitative estimate of drug-likeness (QED) is 0.808. The number of amides is 1. The minimum atomic E-state index is 0.0392. The number of aryl methyl sites for hydroxylation is 1. The molecule has 0 N–H and O–H groups in total. The summed E-state index contributed by atoms with van der Waals surface area (Å²) in [7, 11) is 0. The van der Waals surface area contributed by atoms with E-state index in [2.05, 4.69) is 19.7 Å². The molecule has 0 saturated carbocycles. The highest BCUT2D eigenvalue weighted by Crippen LogP contribution is 2.32. The average molecular weight is 337 g/mol. The fourth-order valence-corrected chi connectivity index (χ4v) is 3.79. The molecule has 1 fully saturated rings. The van der Waals surface area contributed by atoms with Gasteiger partial charge in [0.15, 0.2) is 5.82 Å². The molecular formula is C19H23N5O. The average Bonchev–Trinajstić information content (AvgIpc) is 3.21. The summed E-state index contributed by atoms with van der Waals surface area (Å²) in [4.78, 5) is 18.7. The molecule has 4 heterocycles. The SMILES string of the molecule is O=C(/C=C/c1cccnc1)N1CCCC1c1nnc2n1CCCCC2. The van der Waals surface area contributed by atoms with E-state index in [1.165, 1.54) is 19.3 Å². The highest BCUT2D eigenvalue weighted by Gasteiger charge is 2.33. The van der Waals surface area contributed by atoms with Crippen molar-refractivity contribution in [2.24, 2.45) is 0 Å². The summed E-state index contributed by atoms with van der Waals surface area (Å²) in [6.07, 6.45) is 13.5. The van der Waals surface area contributed by atoms with Gasteiger partial charge in [-0.3, -0.25) is 9.78 Å². The standard InChI is InChI=1S/C19H23N5O/c25-18(10-9-15-6-4-11-20-14-15)23-13-5-7-16(23)19-22-21-17-8-2-1-3-12-24(17)19/h4,6,9-11,14,16H,1-3,5,7-8,12-13H2/b10-9+. The van der Waals surface area contributed by atoms with Gasteiger partial charge in [0.25, 0.3) is 0 Å². The van der Waals surface area contributed by atoms with Crippen molar-refractivity contribution in [2.75, 3.05) is 6.54 Å². The fourth-order valence-electron chi connectivity index (χ4n) is 3.79. The Hall–Kier alpha value is -2.50. The largest absolute Gasteiger partial charge is 0.329 e. The Balaban J connectivity index is 1.54. The minimum Gasteiger partial charge on any atom is -0.329 e. The highest BCUT2D eigenvalue weighted by atomic mass is 16.2. The monoisotopic (exact) mass is 337 g/mol. The lowest BCUT2D eigenvalue weighted by molar-refractivity contribution is -0.127. The first-order chi connectivity index (χ1) is 12.3. The molecule has 1 saturated heterocycles. The smallest absolute Gasteiger partial charge is 0.247 e. The maximum absolute atomic E-state index is 12.7. The van der Waals surface area contributed by atoms with Crippen LogP contribution in [0.3, 0.4) is 0 Å². The predicted molar refractivity (Wildman–Crippen MR) is 94.5 cm³/mol. The number of rotatable bonds is 3. The van der Waals surface area contributed by atoms with Crippen molar-refractivity contribution in [3.63, 3.8) is 0 Å². The van der Waals surface area contributed by atoms with Gasteiger partial charge in [-0.05, 0) is 43.4 Å². The zero-order valence-electron chi connectivity index (χ0n) is 14.3. The molecule has 2 aliphatic heterocycles. The number of carbonyl (C=O) groups is 1. The second-order valence-corrected chi connectivity index (χ2v) is 6.75. The molecule has 130 valence electrons. The molecule has 2 aromatic heterocycles. The maximum atomic E-state index is 12.7. The van der Waals surface area contributed by atoms with E-state index >= 15 is 0 Å². The second-order valence-electron chi connectivity index (χ2n) is 6.75. The molecule has 0 aliphatic carbocycles. The van der Waals surface area contributed by atoms with E-state index in [1.807, 2.05) is 23.1 Å². The predicted octanol–water partition coefficient (Wildman–Crippen LogP) is 2.78. The fraction of sp³-hybridized carbons (Fsp3) is 0.474. The first-order valence-corrected chi connectivity index (χ1v) is 9.13. The van der Waals surface area contributed by atoms with Gasteiger partial charge in [0.1, 0.15) is 5.82 Å². The molecule has 0 spiro atoms. The molecule has 0 bridgehead atoms. The number of hydrogen-bond acceptors (Lipinski definition) is 4. The van der Waals surface area contributed by atoms with Gasteiger partial charge in [-0.2, -0.15) is 0 Å². The molecule has 1 unspecified atom stereocenters. The Morgan fingerprint density at radius 3 is 3.00 bits per heavy atom. The number of carbonyl (C=O) groups excluding carboxylic acids is 1. The Labute approximate surface area is 147 Å². The minimum absolute atomic E-state index is 0.0392. The van der Waals surface area contributed by atoms with Crippen LogP contribution in [0.5, 0.6) is 0 Å². The van der Waals surface area contributed by atoms with Crippen LogP contribution in [-0.4, -0.2) is 37.1 Å². The van der Waals surface area contributed by atoms with Crippen molar-refractivity contribution >= 4 is 12.0 Å². The number of likely N-dealkylation sites (tertiary alicyclic amines) is 1. The van der Waals surface area contributed by atoms with E-state index in [-0.39, 0.29) is 11.9 Å². The van der Waals surface area contributed by atoms with Crippen LogP contribution in [0.25, 0.3) is 6.08 Å². The molecular weight excluding hydrogens is 314 g/mol. The van der Waals surface area contributed by atoms with E-state index in [0.29, 0.717) is 0 Å². The van der Waals surface area contributed by atoms with Crippen LogP contribution in [0.15, 0.2) is 30.6 Å². The highest BCUT2D eigenvalue weighted by molar-refractivity contribution is 5.92. The number of aromatic nitrogens is 4. The summed E-state index contributed by atoms with van der Waals surface area (Å²) < 4.78 is 2.26. The molecule has 1 atom stereocenters. The van der Waals surface area contributed by atoms with Crippen molar-refractivity contribution in [1.29, 1.82) is 0 Å². The van der Waals surface area contributed by atoms with Crippen LogP contribution in [0.4, 0.5) is 0 Å². The third-order valence-electron chi connectivity index (χ3n) is 5.07. The molecule has 0 aromatic carbocycles. The summed E-state index contributed by atoms with van der Waals surface area (Å²) in [6.45, 7) is 1.75.